The SMILES string of the molecule is CCN(CC)C(=O)c1cc(S(=O)(=O)N2CCCCC2)ccc1N1CCCCC1. The van der Waals surface area contributed by atoms with Gasteiger partial charge in [-0.1, -0.05) is 6.42 Å². The summed E-state index contributed by atoms with van der Waals surface area (Å²) < 4.78 is 27.9. The number of carbonyl (C=O) groups excluding carboxylic acids is 1. The Bertz CT molecular complexity index is 778. The Balaban J connectivity index is 2.01. The van der Waals surface area contributed by atoms with Crippen LogP contribution in [0, 0.1) is 0 Å². The van der Waals surface area contributed by atoms with Crippen molar-refractivity contribution in [2.45, 2.75) is 57.3 Å². The molecule has 0 radical (unpaired) electrons. The molecule has 2 saturated heterocycles. The van der Waals surface area contributed by atoms with E-state index in [0.717, 1.165) is 50.9 Å². The van der Waals surface area contributed by atoms with Crippen LogP contribution in [0.3, 0.4) is 0 Å². The minimum atomic E-state index is -3.56. The summed E-state index contributed by atoms with van der Waals surface area (Å²) in [6.07, 6.45) is 6.29. The zero-order valence-electron chi connectivity index (χ0n) is 17.2. The van der Waals surface area contributed by atoms with Crippen LogP contribution in [0.5, 0.6) is 0 Å². The molecule has 0 aromatic heterocycles. The van der Waals surface area contributed by atoms with Crippen LogP contribution in [-0.4, -0.2) is 62.8 Å². The van der Waals surface area contributed by atoms with E-state index < -0.39 is 10.0 Å². The molecule has 0 unspecified atom stereocenters. The second-order valence-electron chi connectivity index (χ2n) is 7.67. The van der Waals surface area contributed by atoms with Gasteiger partial charge in [-0.05, 0) is 64.2 Å². The van der Waals surface area contributed by atoms with E-state index >= 15 is 0 Å². The second-order valence-corrected chi connectivity index (χ2v) is 9.61. The van der Waals surface area contributed by atoms with Gasteiger partial charge in [0.05, 0.1) is 10.5 Å². The molecule has 0 spiro atoms. The highest BCUT2D eigenvalue weighted by Gasteiger charge is 2.29. The van der Waals surface area contributed by atoms with Gasteiger partial charge in [-0.3, -0.25) is 4.79 Å². The average molecular weight is 408 g/mol. The van der Waals surface area contributed by atoms with E-state index in [4.69, 9.17) is 0 Å². The van der Waals surface area contributed by atoms with Crippen LogP contribution in [0.15, 0.2) is 23.1 Å². The molecule has 3 rings (SSSR count). The average Bonchev–Trinajstić information content (AvgIpc) is 2.75. The van der Waals surface area contributed by atoms with Crippen LogP contribution < -0.4 is 4.90 Å². The van der Waals surface area contributed by atoms with Gasteiger partial charge in [0.25, 0.3) is 5.91 Å². The summed E-state index contributed by atoms with van der Waals surface area (Å²) in [7, 11) is -3.56. The van der Waals surface area contributed by atoms with E-state index in [2.05, 4.69) is 4.90 Å². The molecule has 6 nitrogen and oxygen atoms in total. The van der Waals surface area contributed by atoms with Gasteiger partial charge in [-0.2, -0.15) is 4.31 Å². The first-order chi connectivity index (χ1) is 13.5. The van der Waals surface area contributed by atoms with Crippen molar-refractivity contribution in [3.05, 3.63) is 23.8 Å². The van der Waals surface area contributed by atoms with Gasteiger partial charge in [0.2, 0.25) is 10.0 Å². The zero-order chi connectivity index (χ0) is 20.1. The normalized spacial score (nSPS) is 18.9. The summed E-state index contributed by atoms with van der Waals surface area (Å²) in [4.78, 5) is 17.5. The fourth-order valence-corrected chi connectivity index (χ4v) is 5.74. The molecule has 0 atom stereocenters. The quantitative estimate of drug-likeness (QED) is 0.726. The largest absolute Gasteiger partial charge is 0.371 e. The van der Waals surface area contributed by atoms with Crippen LogP contribution in [-0.2, 0) is 10.0 Å². The second kappa shape index (κ2) is 9.27. The van der Waals surface area contributed by atoms with Crippen LogP contribution in [0.1, 0.15) is 62.7 Å². The van der Waals surface area contributed by atoms with Crippen LogP contribution in [0.25, 0.3) is 0 Å². The number of amides is 1. The Morgan fingerprint density at radius 2 is 1.50 bits per heavy atom. The van der Waals surface area contributed by atoms with Crippen molar-refractivity contribution in [2.75, 3.05) is 44.2 Å². The summed E-state index contributed by atoms with van der Waals surface area (Å²) in [6.45, 7) is 8.08. The number of rotatable bonds is 6. The lowest BCUT2D eigenvalue weighted by Gasteiger charge is -2.32. The molecule has 7 heteroatoms. The number of carbonyl (C=O) groups is 1. The number of piperidine rings is 2. The molecule has 28 heavy (non-hydrogen) atoms. The molecule has 2 heterocycles. The molecule has 0 bridgehead atoms. The van der Waals surface area contributed by atoms with Crippen molar-refractivity contribution < 1.29 is 13.2 Å². The van der Waals surface area contributed by atoms with Crippen molar-refractivity contribution in [3.63, 3.8) is 0 Å². The topological polar surface area (TPSA) is 60.9 Å². The van der Waals surface area contributed by atoms with Gasteiger partial charge in [0, 0.05) is 45.0 Å². The van der Waals surface area contributed by atoms with Crippen molar-refractivity contribution >= 4 is 21.6 Å². The standard InChI is InChI=1S/C21H33N3O3S/c1-3-22(4-2)21(25)19-17-18(28(26,27)24-15-9-6-10-16-24)11-12-20(19)23-13-7-5-8-14-23/h11-12,17H,3-10,13-16H2,1-2H3. The smallest absolute Gasteiger partial charge is 0.255 e. The molecule has 2 aliphatic rings. The molecule has 0 aliphatic carbocycles. The predicted molar refractivity (Wildman–Crippen MR) is 112 cm³/mol. The minimum Gasteiger partial charge on any atom is -0.371 e. The van der Waals surface area contributed by atoms with E-state index in [9.17, 15) is 13.2 Å². The first-order valence-corrected chi connectivity index (χ1v) is 12.1. The lowest BCUT2D eigenvalue weighted by atomic mass is 10.1. The maximum Gasteiger partial charge on any atom is 0.255 e. The fourth-order valence-electron chi connectivity index (χ4n) is 4.19. The summed E-state index contributed by atoms with van der Waals surface area (Å²) in [5, 5.41) is 0. The Hall–Kier alpha value is -1.60. The van der Waals surface area contributed by atoms with E-state index in [-0.39, 0.29) is 10.8 Å². The molecule has 1 amide bonds. The highest BCUT2D eigenvalue weighted by Crippen LogP contribution is 2.30. The third-order valence-electron chi connectivity index (χ3n) is 5.90. The van der Waals surface area contributed by atoms with Crippen LogP contribution in [0.4, 0.5) is 5.69 Å². The molecular weight excluding hydrogens is 374 g/mol. The molecule has 0 N–H and O–H groups in total. The zero-order valence-corrected chi connectivity index (χ0v) is 18.0. The van der Waals surface area contributed by atoms with Crippen LogP contribution >= 0.6 is 0 Å². The molecule has 1 aromatic rings. The Morgan fingerprint density at radius 3 is 2.07 bits per heavy atom. The number of hydrogen-bond acceptors (Lipinski definition) is 4. The third-order valence-corrected chi connectivity index (χ3v) is 7.79. The van der Waals surface area contributed by atoms with E-state index in [1.807, 2.05) is 19.9 Å². The van der Waals surface area contributed by atoms with E-state index in [1.54, 1.807) is 21.3 Å². The molecule has 0 saturated carbocycles. The Labute approximate surface area is 169 Å². The lowest BCUT2D eigenvalue weighted by Crippen LogP contribution is -2.37. The first kappa shape index (κ1) is 21.1. The minimum absolute atomic E-state index is 0.0822. The van der Waals surface area contributed by atoms with Gasteiger partial charge in [0.15, 0.2) is 0 Å². The first-order valence-electron chi connectivity index (χ1n) is 10.7. The van der Waals surface area contributed by atoms with Gasteiger partial charge in [0.1, 0.15) is 0 Å². The van der Waals surface area contributed by atoms with Crippen molar-refractivity contribution in [2.24, 2.45) is 0 Å². The lowest BCUT2D eigenvalue weighted by molar-refractivity contribution is 0.0773. The number of nitrogens with zero attached hydrogens (tertiary/aromatic N) is 3. The monoisotopic (exact) mass is 407 g/mol. The molecule has 2 aliphatic heterocycles. The highest BCUT2D eigenvalue weighted by molar-refractivity contribution is 7.89. The van der Waals surface area contributed by atoms with Gasteiger partial charge in [-0.25, -0.2) is 8.42 Å². The van der Waals surface area contributed by atoms with Crippen molar-refractivity contribution in [1.29, 1.82) is 0 Å². The summed E-state index contributed by atoms with van der Waals surface area (Å²) in [5.41, 5.74) is 1.39. The number of hydrogen-bond donors (Lipinski definition) is 0. The van der Waals surface area contributed by atoms with Crippen LogP contribution in [0.2, 0.25) is 0 Å². The molecule has 2 fully saturated rings. The van der Waals surface area contributed by atoms with E-state index in [0.29, 0.717) is 31.7 Å². The fraction of sp³-hybridized carbons (Fsp3) is 0.667. The highest BCUT2D eigenvalue weighted by atomic mass is 32.2. The summed E-state index contributed by atoms with van der Waals surface area (Å²) >= 11 is 0. The Morgan fingerprint density at radius 1 is 0.929 bits per heavy atom. The Kier molecular flexibility index (Phi) is 6.99. The predicted octanol–water partition coefficient (Wildman–Crippen LogP) is 3.33. The van der Waals surface area contributed by atoms with Gasteiger partial charge >= 0.3 is 0 Å². The number of anilines is 1. The molecule has 156 valence electrons. The van der Waals surface area contributed by atoms with Crippen molar-refractivity contribution in [3.8, 4) is 0 Å². The number of sulfonamides is 1. The van der Waals surface area contributed by atoms with E-state index in [1.165, 1.54) is 6.42 Å². The van der Waals surface area contributed by atoms with Crippen molar-refractivity contribution in [1.82, 2.24) is 9.21 Å². The summed E-state index contributed by atoms with van der Waals surface area (Å²) in [6, 6.07) is 5.15. The maximum absolute atomic E-state index is 13.2. The van der Waals surface area contributed by atoms with Gasteiger partial charge in [-0.15, -0.1) is 0 Å². The maximum atomic E-state index is 13.2. The summed E-state index contributed by atoms with van der Waals surface area (Å²) in [5.74, 6) is -0.0822. The molecular formula is C21H33N3O3S. The van der Waals surface area contributed by atoms with Gasteiger partial charge < -0.3 is 9.80 Å². The number of benzene rings is 1. The third kappa shape index (κ3) is 4.35. The molecule has 1 aromatic carbocycles.